The van der Waals surface area contributed by atoms with Crippen LogP contribution in [0.5, 0.6) is 0 Å². The molecule has 1 fully saturated rings. The fourth-order valence-corrected chi connectivity index (χ4v) is 2.09. The number of ether oxygens (including phenoxy) is 1. The Kier molecular flexibility index (Phi) is 3.67. The Morgan fingerprint density at radius 1 is 1.33 bits per heavy atom. The molecule has 1 heterocycles. The summed E-state index contributed by atoms with van der Waals surface area (Å²) in [4.78, 5) is 2.45. The van der Waals surface area contributed by atoms with Gasteiger partial charge in [0.1, 0.15) is 12.4 Å². The van der Waals surface area contributed by atoms with Crippen LogP contribution in [0.4, 0.5) is 0 Å². The van der Waals surface area contributed by atoms with Crippen LogP contribution in [0.15, 0.2) is 23.6 Å². The number of likely N-dealkylation sites (tertiary alicyclic amines) is 1. The highest BCUT2D eigenvalue weighted by atomic mass is 16.5. The number of allylic oxidation sites excluding steroid dienone is 3. The van der Waals surface area contributed by atoms with Crippen molar-refractivity contribution < 1.29 is 4.74 Å². The summed E-state index contributed by atoms with van der Waals surface area (Å²) in [5.41, 5.74) is 6.76. The lowest BCUT2D eigenvalue weighted by molar-refractivity contribution is 0.176. The van der Waals surface area contributed by atoms with Crippen molar-refractivity contribution in [1.29, 1.82) is 0 Å². The Morgan fingerprint density at radius 2 is 2.13 bits per heavy atom. The molecule has 0 aromatic carbocycles. The molecule has 84 valence electrons. The summed E-state index contributed by atoms with van der Waals surface area (Å²) in [6, 6.07) is 0. The molecule has 0 unspecified atom stereocenters. The lowest BCUT2D eigenvalue weighted by Gasteiger charge is -2.17. The van der Waals surface area contributed by atoms with E-state index >= 15 is 0 Å². The van der Waals surface area contributed by atoms with Crippen LogP contribution in [0.25, 0.3) is 0 Å². The largest absolute Gasteiger partial charge is 0.490 e. The lowest BCUT2D eigenvalue weighted by atomic mass is 10.1. The summed E-state index contributed by atoms with van der Waals surface area (Å²) in [5.74, 6) is 0.889. The van der Waals surface area contributed by atoms with E-state index in [0.29, 0.717) is 0 Å². The normalized spacial score (nSPS) is 22.4. The fraction of sp³-hybridized carbons (Fsp3) is 0.667. The van der Waals surface area contributed by atoms with E-state index in [0.717, 1.165) is 37.4 Å². The number of nitrogens with two attached hydrogens (primary N) is 1. The van der Waals surface area contributed by atoms with Crippen LogP contribution in [0.2, 0.25) is 0 Å². The van der Waals surface area contributed by atoms with E-state index in [4.69, 9.17) is 10.5 Å². The summed E-state index contributed by atoms with van der Waals surface area (Å²) in [6.07, 6.45) is 8.79. The molecule has 3 heteroatoms. The molecule has 1 saturated heterocycles. The minimum atomic E-state index is 0.764. The molecule has 0 spiro atoms. The molecule has 2 aliphatic rings. The molecular formula is C12H20N2O. The molecule has 3 nitrogen and oxygen atoms in total. The van der Waals surface area contributed by atoms with Gasteiger partial charge in [0.05, 0.1) is 5.70 Å². The molecular weight excluding hydrogens is 188 g/mol. The molecule has 0 aromatic heterocycles. The first-order valence-electron chi connectivity index (χ1n) is 5.86. The Morgan fingerprint density at radius 3 is 2.87 bits per heavy atom. The van der Waals surface area contributed by atoms with Gasteiger partial charge in [-0.3, -0.25) is 4.90 Å². The maximum absolute atomic E-state index is 5.86. The van der Waals surface area contributed by atoms with E-state index in [9.17, 15) is 0 Å². The van der Waals surface area contributed by atoms with E-state index in [1.807, 2.05) is 6.08 Å². The summed E-state index contributed by atoms with van der Waals surface area (Å²) in [7, 11) is 0. The highest BCUT2D eigenvalue weighted by Gasteiger charge is 2.11. The molecule has 0 amide bonds. The average molecular weight is 208 g/mol. The number of hydrogen-bond acceptors (Lipinski definition) is 3. The Bertz CT molecular complexity index is 265. The van der Waals surface area contributed by atoms with Crippen LogP contribution in [-0.2, 0) is 4.74 Å². The Balaban J connectivity index is 1.70. The van der Waals surface area contributed by atoms with Crippen molar-refractivity contribution in [3.63, 3.8) is 0 Å². The third-order valence-corrected chi connectivity index (χ3v) is 3.03. The van der Waals surface area contributed by atoms with Crippen LogP contribution in [0.3, 0.4) is 0 Å². The quantitative estimate of drug-likeness (QED) is 0.763. The van der Waals surface area contributed by atoms with E-state index < -0.39 is 0 Å². The average Bonchev–Trinajstić information content (AvgIpc) is 2.74. The molecule has 1 aliphatic heterocycles. The molecule has 15 heavy (non-hydrogen) atoms. The van der Waals surface area contributed by atoms with Crippen molar-refractivity contribution in [2.45, 2.75) is 25.7 Å². The zero-order valence-electron chi connectivity index (χ0n) is 9.24. The van der Waals surface area contributed by atoms with Crippen molar-refractivity contribution in [2.24, 2.45) is 5.73 Å². The summed E-state index contributed by atoms with van der Waals surface area (Å²) < 4.78 is 5.68. The summed E-state index contributed by atoms with van der Waals surface area (Å²) in [6.45, 7) is 4.26. The molecule has 0 radical (unpaired) electrons. The second-order valence-electron chi connectivity index (χ2n) is 4.23. The van der Waals surface area contributed by atoms with Crippen LogP contribution < -0.4 is 5.73 Å². The topological polar surface area (TPSA) is 38.5 Å². The smallest absolute Gasteiger partial charge is 0.137 e. The predicted molar refractivity (Wildman–Crippen MR) is 61.2 cm³/mol. The first-order valence-corrected chi connectivity index (χ1v) is 5.86. The van der Waals surface area contributed by atoms with E-state index in [1.54, 1.807) is 0 Å². The van der Waals surface area contributed by atoms with Gasteiger partial charge in [-0.2, -0.15) is 0 Å². The fourth-order valence-electron chi connectivity index (χ4n) is 2.09. The van der Waals surface area contributed by atoms with Crippen molar-refractivity contribution in [3.8, 4) is 0 Å². The molecule has 0 atom stereocenters. The first kappa shape index (κ1) is 10.6. The van der Waals surface area contributed by atoms with Gasteiger partial charge >= 0.3 is 0 Å². The van der Waals surface area contributed by atoms with Crippen LogP contribution >= 0.6 is 0 Å². The van der Waals surface area contributed by atoms with Gasteiger partial charge in [0.2, 0.25) is 0 Å². The minimum absolute atomic E-state index is 0.764. The minimum Gasteiger partial charge on any atom is -0.490 e. The predicted octanol–water partition coefficient (Wildman–Crippen LogP) is 1.62. The standard InChI is InChI=1S/C12H20N2O/c13-11-5-1-2-6-12(11)15-10-9-14-7-3-4-8-14/h2,6H,1,3-5,7-10,13H2. The maximum atomic E-state index is 5.86. The monoisotopic (exact) mass is 208 g/mol. The molecule has 0 bridgehead atoms. The lowest BCUT2D eigenvalue weighted by Crippen LogP contribution is -2.24. The molecule has 1 aliphatic carbocycles. The second-order valence-corrected chi connectivity index (χ2v) is 4.23. The first-order chi connectivity index (χ1) is 7.36. The van der Waals surface area contributed by atoms with E-state index in [1.165, 1.54) is 25.9 Å². The highest BCUT2D eigenvalue weighted by Crippen LogP contribution is 2.15. The van der Waals surface area contributed by atoms with Crippen molar-refractivity contribution in [3.05, 3.63) is 23.6 Å². The third-order valence-electron chi connectivity index (χ3n) is 3.03. The summed E-state index contributed by atoms with van der Waals surface area (Å²) >= 11 is 0. The number of nitrogens with zero attached hydrogens (tertiary/aromatic N) is 1. The van der Waals surface area contributed by atoms with Crippen LogP contribution in [0.1, 0.15) is 25.7 Å². The third kappa shape index (κ3) is 2.99. The number of hydrogen-bond donors (Lipinski definition) is 1. The van der Waals surface area contributed by atoms with Crippen molar-refractivity contribution in [1.82, 2.24) is 4.90 Å². The van der Waals surface area contributed by atoms with Gasteiger partial charge in [0, 0.05) is 6.54 Å². The Hall–Kier alpha value is -0.960. The van der Waals surface area contributed by atoms with Gasteiger partial charge in [0.25, 0.3) is 0 Å². The maximum Gasteiger partial charge on any atom is 0.137 e. The van der Waals surface area contributed by atoms with Gasteiger partial charge in [-0.25, -0.2) is 0 Å². The van der Waals surface area contributed by atoms with Gasteiger partial charge in [-0.15, -0.1) is 0 Å². The molecule has 0 saturated carbocycles. The van der Waals surface area contributed by atoms with Gasteiger partial charge in [0.15, 0.2) is 0 Å². The summed E-state index contributed by atoms with van der Waals surface area (Å²) in [5, 5.41) is 0. The van der Waals surface area contributed by atoms with Crippen LogP contribution in [0, 0.1) is 0 Å². The molecule has 0 aromatic rings. The van der Waals surface area contributed by atoms with Gasteiger partial charge in [-0.1, -0.05) is 6.08 Å². The van der Waals surface area contributed by atoms with Crippen molar-refractivity contribution >= 4 is 0 Å². The SMILES string of the molecule is NC1=C(OCCN2CCCC2)C=CCC1. The zero-order chi connectivity index (χ0) is 10.5. The van der Waals surface area contributed by atoms with E-state index in [2.05, 4.69) is 11.0 Å². The zero-order valence-corrected chi connectivity index (χ0v) is 9.24. The van der Waals surface area contributed by atoms with Crippen molar-refractivity contribution in [2.75, 3.05) is 26.2 Å². The van der Waals surface area contributed by atoms with Gasteiger partial charge < -0.3 is 10.5 Å². The highest BCUT2D eigenvalue weighted by molar-refractivity contribution is 5.22. The van der Waals surface area contributed by atoms with Crippen LogP contribution in [-0.4, -0.2) is 31.1 Å². The van der Waals surface area contributed by atoms with Gasteiger partial charge in [-0.05, 0) is 44.8 Å². The molecule has 2 rings (SSSR count). The Labute approximate surface area is 91.6 Å². The number of rotatable bonds is 4. The molecule has 2 N–H and O–H groups in total. The second kappa shape index (κ2) is 5.21. The van der Waals surface area contributed by atoms with E-state index in [-0.39, 0.29) is 0 Å².